The van der Waals surface area contributed by atoms with E-state index in [1.54, 1.807) is 0 Å². The molecule has 5 heteroatoms. The second kappa shape index (κ2) is 5.55. The lowest BCUT2D eigenvalue weighted by Crippen LogP contribution is -2.38. The van der Waals surface area contributed by atoms with Crippen LogP contribution < -0.4 is 21.5 Å². The van der Waals surface area contributed by atoms with Crippen LogP contribution in [0.5, 0.6) is 0 Å². The molecule has 0 bridgehead atoms. The molecule has 0 saturated heterocycles. The van der Waals surface area contributed by atoms with E-state index in [0.717, 1.165) is 22.1 Å². The van der Waals surface area contributed by atoms with Gasteiger partial charge in [0.1, 0.15) is 11.4 Å². The lowest BCUT2D eigenvalue weighted by molar-refractivity contribution is 0.753. The molecule has 0 heterocycles. The molecular formula is C15H15IN2O2. The maximum atomic E-state index is 11.7. The number of benzene rings is 1. The normalized spacial score (nSPS) is 15.7. The Morgan fingerprint density at radius 1 is 1.05 bits per heavy atom. The number of nitrogens with one attached hydrogen (secondary N) is 2. The summed E-state index contributed by atoms with van der Waals surface area (Å²) in [6, 6.07) is 8.05. The van der Waals surface area contributed by atoms with Crippen molar-refractivity contribution in [2.24, 2.45) is 0 Å². The van der Waals surface area contributed by atoms with Gasteiger partial charge in [0.2, 0.25) is 0 Å². The van der Waals surface area contributed by atoms with Crippen molar-refractivity contribution in [3.63, 3.8) is 0 Å². The molecule has 0 unspecified atom stereocenters. The highest BCUT2D eigenvalue weighted by molar-refractivity contribution is 14.1. The molecule has 2 aromatic carbocycles. The van der Waals surface area contributed by atoms with Crippen LogP contribution in [-0.2, 0) is 0 Å². The Labute approximate surface area is 130 Å². The Hall–Kier alpha value is -1.37. The van der Waals surface area contributed by atoms with Crippen molar-refractivity contribution in [1.29, 1.82) is 0 Å². The number of anilines is 3. The Morgan fingerprint density at radius 3 is 2.45 bits per heavy atom. The standard InChI is InChI=1S/C15H15IN2O2/c16-9-4-3-7-11(8-9)18-13-12(14(19)15(13)20)17-10-5-1-2-6-10/h3-4,7-8,10,17-18H,1-2,5-6H2. The van der Waals surface area contributed by atoms with Gasteiger partial charge in [-0.2, -0.15) is 0 Å². The lowest BCUT2D eigenvalue weighted by atomic mass is 10.1. The molecule has 1 saturated carbocycles. The highest BCUT2D eigenvalue weighted by atomic mass is 127. The maximum Gasteiger partial charge on any atom is 0.253 e. The molecule has 2 aromatic rings. The van der Waals surface area contributed by atoms with Crippen LogP contribution in [0.4, 0.5) is 17.1 Å². The topological polar surface area (TPSA) is 58.2 Å². The van der Waals surface area contributed by atoms with E-state index in [9.17, 15) is 9.59 Å². The molecule has 0 radical (unpaired) electrons. The summed E-state index contributed by atoms with van der Waals surface area (Å²) >= 11 is 2.21. The van der Waals surface area contributed by atoms with E-state index in [2.05, 4.69) is 33.2 Å². The predicted octanol–water partition coefficient (Wildman–Crippen LogP) is 2.99. The van der Waals surface area contributed by atoms with Crippen LogP contribution in [-0.4, -0.2) is 6.04 Å². The van der Waals surface area contributed by atoms with Gasteiger partial charge in [-0.05, 0) is 53.6 Å². The monoisotopic (exact) mass is 382 g/mol. The van der Waals surface area contributed by atoms with Crippen molar-refractivity contribution < 1.29 is 0 Å². The van der Waals surface area contributed by atoms with Gasteiger partial charge >= 0.3 is 0 Å². The fourth-order valence-corrected chi connectivity index (χ4v) is 3.18. The van der Waals surface area contributed by atoms with E-state index in [1.165, 1.54) is 12.8 Å². The molecule has 0 aliphatic heterocycles. The molecule has 20 heavy (non-hydrogen) atoms. The summed E-state index contributed by atoms with van der Waals surface area (Å²) in [5.74, 6) is 0. The first-order valence-corrected chi connectivity index (χ1v) is 7.85. The Balaban J connectivity index is 1.81. The average Bonchev–Trinajstić information content (AvgIpc) is 2.95. The van der Waals surface area contributed by atoms with Crippen LogP contribution in [0.25, 0.3) is 0 Å². The first-order valence-electron chi connectivity index (χ1n) is 6.77. The van der Waals surface area contributed by atoms with E-state index in [-0.39, 0.29) is 0 Å². The van der Waals surface area contributed by atoms with E-state index in [4.69, 9.17) is 0 Å². The predicted molar refractivity (Wildman–Crippen MR) is 89.7 cm³/mol. The van der Waals surface area contributed by atoms with Crippen LogP contribution in [0.1, 0.15) is 25.7 Å². The molecule has 3 rings (SSSR count). The van der Waals surface area contributed by atoms with E-state index in [0.29, 0.717) is 17.4 Å². The average molecular weight is 382 g/mol. The fourth-order valence-electron chi connectivity index (χ4n) is 2.63. The van der Waals surface area contributed by atoms with Crippen molar-refractivity contribution in [3.05, 3.63) is 48.3 Å². The summed E-state index contributed by atoms with van der Waals surface area (Å²) < 4.78 is 1.08. The maximum absolute atomic E-state index is 11.7. The summed E-state index contributed by atoms with van der Waals surface area (Å²) in [4.78, 5) is 23.4. The van der Waals surface area contributed by atoms with Crippen molar-refractivity contribution in [3.8, 4) is 0 Å². The molecule has 0 spiro atoms. The number of halogens is 1. The zero-order valence-corrected chi connectivity index (χ0v) is 13.1. The first-order chi connectivity index (χ1) is 9.65. The SMILES string of the molecule is O=c1c(Nc2cccc(I)c2)c(NC2CCCC2)c1=O. The van der Waals surface area contributed by atoms with E-state index in [1.807, 2.05) is 24.3 Å². The number of rotatable bonds is 4. The highest BCUT2D eigenvalue weighted by Crippen LogP contribution is 2.26. The Bertz CT molecular complexity index is 698. The molecule has 4 nitrogen and oxygen atoms in total. The third-order valence-corrected chi connectivity index (χ3v) is 4.38. The molecule has 0 amide bonds. The van der Waals surface area contributed by atoms with Crippen LogP contribution in [0.2, 0.25) is 0 Å². The van der Waals surface area contributed by atoms with Gasteiger partial charge in [0, 0.05) is 15.3 Å². The Kier molecular flexibility index (Phi) is 3.78. The fraction of sp³-hybridized carbons (Fsp3) is 0.333. The molecule has 0 atom stereocenters. The quantitative estimate of drug-likeness (QED) is 0.631. The number of hydrogen-bond donors (Lipinski definition) is 2. The van der Waals surface area contributed by atoms with Crippen molar-refractivity contribution in [2.45, 2.75) is 31.7 Å². The molecule has 0 aromatic heterocycles. The summed E-state index contributed by atoms with van der Waals surface area (Å²) in [7, 11) is 0. The van der Waals surface area contributed by atoms with Crippen LogP contribution >= 0.6 is 22.6 Å². The van der Waals surface area contributed by atoms with Gasteiger partial charge < -0.3 is 10.6 Å². The zero-order chi connectivity index (χ0) is 14.1. The third kappa shape index (κ3) is 2.59. The largest absolute Gasteiger partial charge is 0.377 e. The van der Waals surface area contributed by atoms with Crippen molar-refractivity contribution in [2.75, 3.05) is 10.6 Å². The van der Waals surface area contributed by atoms with Gasteiger partial charge in [-0.15, -0.1) is 0 Å². The van der Waals surface area contributed by atoms with Crippen LogP contribution in [0.15, 0.2) is 33.9 Å². The van der Waals surface area contributed by atoms with Gasteiger partial charge in [-0.1, -0.05) is 18.9 Å². The summed E-state index contributed by atoms with van der Waals surface area (Å²) in [6.07, 6.45) is 4.52. The first kappa shape index (κ1) is 13.6. The van der Waals surface area contributed by atoms with Gasteiger partial charge in [0.15, 0.2) is 0 Å². The molecule has 2 N–H and O–H groups in total. The van der Waals surface area contributed by atoms with Gasteiger partial charge in [0.05, 0.1) is 0 Å². The minimum absolute atomic E-state index is 0.328. The summed E-state index contributed by atoms with van der Waals surface area (Å²) in [5.41, 5.74) is 0.873. The minimum atomic E-state index is -0.427. The summed E-state index contributed by atoms with van der Waals surface area (Å²) in [6.45, 7) is 0. The second-order valence-corrected chi connectivity index (χ2v) is 6.41. The van der Waals surface area contributed by atoms with Crippen molar-refractivity contribution in [1.82, 2.24) is 0 Å². The lowest BCUT2D eigenvalue weighted by Gasteiger charge is -2.18. The van der Waals surface area contributed by atoms with Gasteiger partial charge in [0.25, 0.3) is 10.9 Å². The third-order valence-electron chi connectivity index (χ3n) is 3.71. The molecule has 1 aliphatic carbocycles. The van der Waals surface area contributed by atoms with Crippen molar-refractivity contribution >= 4 is 39.7 Å². The van der Waals surface area contributed by atoms with E-state index < -0.39 is 10.9 Å². The Morgan fingerprint density at radius 2 is 1.75 bits per heavy atom. The van der Waals surface area contributed by atoms with E-state index >= 15 is 0 Å². The smallest absolute Gasteiger partial charge is 0.253 e. The zero-order valence-electron chi connectivity index (χ0n) is 10.9. The molecule has 1 aliphatic rings. The summed E-state index contributed by atoms with van der Waals surface area (Å²) in [5, 5.41) is 6.29. The van der Waals surface area contributed by atoms with Crippen LogP contribution in [0, 0.1) is 3.57 Å². The number of hydrogen-bond acceptors (Lipinski definition) is 4. The minimum Gasteiger partial charge on any atom is -0.377 e. The van der Waals surface area contributed by atoms with Gasteiger partial charge in [-0.25, -0.2) is 0 Å². The molecule has 1 fully saturated rings. The second-order valence-electron chi connectivity index (χ2n) is 5.17. The molecular weight excluding hydrogens is 367 g/mol. The van der Waals surface area contributed by atoms with Gasteiger partial charge in [-0.3, -0.25) is 9.59 Å². The molecule has 104 valence electrons. The highest BCUT2D eigenvalue weighted by Gasteiger charge is 2.24. The van der Waals surface area contributed by atoms with Crippen LogP contribution in [0.3, 0.4) is 0 Å².